The first-order valence-corrected chi connectivity index (χ1v) is 8.11. The zero-order valence-electron chi connectivity index (χ0n) is 13.0. The van der Waals surface area contributed by atoms with Crippen molar-refractivity contribution in [2.75, 3.05) is 14.2 Å². The third kappa shape index (κ3) is 3.98. The van der Waals surface area contributed by atoms with Crippen molar-refractivity contribution in [3.8, 4) is 11.5 Å². The summed E-state index contributed by atoms with van der Waals surface area (Å²) in [4.78, 5) is 12.5. The van der Waals surface area contributed by atoms with Crippen molar-refractivity contribution in [2.24, 2.45) is 0 Å². The van der Waals surface area contributed by atoms with E-state index in [4.69, 9.17) is 21.1 Å². The van der Waals surface area contributed by atoms with E-state index in [0.29, 0.717) is 22.1 Å². The molecule has 2 aromatic carbocycles. The van der Waals surface area contributed by atoms with Crippen molar-refractivity contribution in [1.82, 2.24) is 5.32 Å². The van der Waals surface area contributed by atoms with Crippen LogP contribution in [-0.2, 0) is 0 Å². The second-order valence-corrected chi connectivity index (χ2v) is 6.17. The van der Waals surface area contributed by atoms with E-state index in [1.165, 1.54) is 14.2 Å². The number of methoxy groups -OCH3 is 2. The van der Waals surface area contributed by atoms with Crippen LogP contribution in [0.5, 0.6) is 11.5 Å². The van der Waals surface area contributed by atoms with Crippen molar-refractivity contribution in [1.29, 1.82) is 0 Å². The highest BCUT2D eigenvalue weighted by molar-refractivity contribution is 9.10. The lowest BCUT2D eigenvalue weighted by Crippen LogP contribution is -2.26. The van der Waals surface area contributed by atoms with Gasteiger partial charge in [-0.15, -0.1) is 0 Å². The topological polar surface area (TPSA) is 47.6 Å². The van der Waals surface area contributed by atoms with Gasteiger partial charge in [0.1, 0.15) is 0 Å². The second kappa shape index (κ2) is 7.70. The van der Waals surface area contributed by atoms with Crippen molar-refractivity contribution in [2.45, 2.75) is 13.0 Å². The van der Waals surface area contributed by atoms with Crippen molar-refractivity contribution >= 4 is 33.4 Å². The minimum atomic E-state index is -0.240. The molecule has 0 unspecified atom stereocenters. The smallest absolute Gasteiger partial charge is 0.251 e. The van der Waals surface area contributed by atoms with E-state index in [1.807, 2.05) is 31.2 Å². The highest BCUT2D eigenvalue weighted by Gasteiger charge is 2.18. The zero-order valence-corrected chi connectivity index (χ0v) is 15.4. The molecule has 0 spiro atoms. The third-order valence-electron chi connectivity index (χ3n) is 3.42. The molecule has 1 N–H and O–H groups in total. The van der Waals surface area contributed by atoms with E-state index in [9.17, 15) is 4.79 Å². The van der Waals surface area contributed by atoms with E-state index in [1.54, 1.807) is 12.1 Å². The van der Waals surface area contributed by atoms with E-state index in [2.05, 4.69) is 21.2 Å². The minimum Gasteiger partial charge on any atom is -0.493 e. The molecule has 0 aromatic heterocycles. The van der Waals surface area contributed by atoms with Crippen molar-refractivity contribution in [3.63, 3.8) is 0 Å². The molecule has 0 radical (unpaired) electrons. The molecule has 0 aliphatic heterocycles. The van der Waals surface area contributed by atoms with Crippen LogP contribution < -0.4 is 14.8 Å². The molecule has 0 saturated carbocycles. The number of nitrogens with one attached hydrogen (secondary N) is 1. The summed E-state index contributed by atoms with van der Waals surface area (Å²) in [5.41, 5.74) is 1.40. The molecular weight excluding hydrogens is 382 g/mol. The van der Waals surface area contributed by atoms with Gasteiger partial charge in [-0.1, -0.05) is 45.7 Å². The highest BCUT2D eigenvalue weighted by atomic mass is 79.9. The molecule has 6 heteroatoms. The first-order chi connectivity index (χ1) is 11.0. The van der Waals surface area contributed by atoms with Crippen molar-refractivity contribution in [3.05, 3.63) is 57.0 Å². The van der Waals surface area contributed by atoms with Gasteiger partial charge in [0.15, 0.2) is 11.5 Å². The molecule has 4 nitrogen and oxygen atoms in total. The number of amides is 1. The summed E-state index contributed by atoms with van der Waals surface area (Å²) < 4.78 is 11.3. The van der Waals surface area contributed by atoms with Gasteiger partial charge in [0.25, 0.3) is 5.91 Å². The minimum absolute atomic E-state index is 0.162. The van der Waals surface area contributed by atoms with Crippen LogP contribution in [0.4, 0.5) is 0 Å². The van der Waals surface area contributed by atoms with Crippen LogP contribution in [0.15, 0.2) is 40.9 Å². The Morgan fingerprint density at radius 1 is 1.22 bits per heavy atom. The number of carbonyl (C=O) groups excluding carboxylic acids is 1. The first-order valence-electron chi connectivity index (χ1n) is 6.94. The van der Waals surface area contributed by atoms with Gasteiger partial charge in [-0.05, 0) is 30.7 Å². The number of hydrogen-bond donors (Lipinski definition) is 1. The second-order valence-electron chi connectivity index (χ2n) is 4.91. The maximum atomic E-state index is 12.5. The zero-order chi connectivity index (χ0) is 17.0. The summed E-state index contributed by atoms with van der Waals surface area (Å²) in [6.45, 7) is 1.92. The Labute approximate surface area is 148 Å². The van der Waals surface area contributed by atoms with Gasteiger partial charge in [-0.3, -0.25) is 4.79 Å². The average Bonchev–Trinajstić information content (AvgIpc) is 2.54. The molecule has 0 bridgehead atoms. The number of rotatable bonds is 5. The van der Waals surface area contributed by atoms with Crippen LogP contribution >= 0.6 is 27.5 Å². The Kier molecular flexibility index (Phi) is 5.91. The molecule has 122 valence electrons. The Balaban J connectivity index is 2.24. The molecule has 1 atom stereocenters. The van der Waals surface area contributed by atoms with Gasteiger partial charge >= 0.3 is 0 Å². The first kappa shape index (κ1) is 17.6. The van der Waals surface area contributed by atoms with Crippen LogP contribution in [0.2, 0.25) is 5.02 Å². The summed E-state index contributed by atoms with van der Waals surface area (Å²) in [7, 11) is 3.00. The fourth-order valence-corrected chi connectivity index (χ4v) is 3.15. The Bertz CT molecular complexity index is 721. The number of carbonyl (C=O) groups is 1. The summed E-state index contributed by atoms with van der Waals surface area (Å²) in [5, 5.41) is 3.27. The van der Waals surface area contributed by atoms with Crippen LogP contribution in [0, 0.1) is 0 Å². The molecular formula is C17H17BrClNO3. The fourth-order valence-electron chi connectivity index (χ4n) is 2.23. The summed E-state index contributed by atoms with van der Waals surface area (Å²) in [6, 6.07) is 10.7. The van der Waals surface area contributed by atoms with Gasteiger partial charge in [-0.25, -0.2) is 0 Å². The van der Waals surface area contributed by atoms with Gasteiger partial charge < -0.3 is 14.8 Å². The van der Waals surface area contributed by atoms with Crippen LogP contribution in [0.3, 0.4) is 0 Å². The SMILES string of the molecule is COc1cc(C(=O)N[C@@H](C)c2ccccc2Br)cc(Cl)c1OC. The number of halogens is 2. The van der Waals surface area contributed by atoms with Gasteiger partial charge in [0.05, 0.1) is 25.3 Å². The molecule has 2 rings (SSSR count). The Morgan fingerprint density at radius 3 is 2.52 bits per heavy atom. The van der Waals surface area contributed by atoms with Gasteiger partial charge in [-0.2, -0.15) is 0 Å². The number of benzene rings is 2. The Morgan fingerprint density at radius 2 is 1.91 bits per heavy atom. The lowest BCUT2D eigenvalue weighted by molar-refractivity contribution is 0.0939. The van der Waals surface area contributed by atoms with Crippen molar-refractivity contribution < 1.29 is 14.3 Å². The predicted octanol–water partition coefficient (Wildman–Crippen LogP) is 4.61. The molecule has 0 aliphatic rings. The van der Waals surface area contributed by atoms with Gasteiger partial charge in [0, 0.05) is 10.0 Å². The lowest BCUT2D eigenvalue weighted by atomic mass is 10.1. The molecule has 2 aromatic rings. The maximum absolute atomic E-state index is 12.5. The van der Waals surface area contributed by atoms with E-state index < -0.39 is 0 Å². The highest BCUT2D eigenvalue weighted by Crippen LogP contribution is 2.36. The monoisotopic (exact) mass is 397 g/mol. The molecule has 23 heavy (non-hydrogen) atoms. The lowest BCUT2D eigenvalue weighted by Gasteiger charge is -2.17. The summed E-state index contributed by atoms with van der Waals surface area (Å²) >= 11 is 9.63. The van der Waals surface area contributed by atoms with E-state index in [-0.39, 0.29) is 11.9 Å². The normalized spacial score (nSPS) is 11.7. The number of ether oxygens (including phenoxy) is 2. The molecule has 0 saturated heterocycles. The standard InChI is InChI=1S/C17H17BrClNO3/c1-10(12-6-4-5-7-13(12)18)20-17(21)11-8-14(19)16(23-3)15(9-11)22-2/h4-10H,1-3H3,(H,20,21)/t10-/m0/s1. The number of hydrogen-bond acceptors (Lipinski definition) is 3. The average molecular weight is 399 g/mol. The Hall–Kier alpha value is -1.72. The third-order valence-corrected chi connectivity index (χ3v) is 4.42. The quantitative estimate of drug-likeness (QED) is 0.800. The maximum Gasteiger partial charge on any atom is 0.251 e. The summed E-state index contributed by atoms with van der Waals surface area (Å²) in [5.74, 6) is 0.583. The van der Waals surface area contributed by atoms with E-state index >= 15 is 0 Å². The van der Waals surface area contributed by atoms with E-state index in [0.717, 1.165) is 10.0 Å². The van der Waals surface area contributed by atoms with Crippen LogP contribution in [0.1, 0.15) is 28.9 Å². The molecule has 0 heterocycles. The van der Waals surface area contributed by atoms with Gasteiger partial charge in [0.2, 0.25) is 0 Å². The molecule has 1 amide bonds. The predicted molar refractivity (Wildman–Crippen MR) is 94.6 cm³/mol. The van der Waals surface area contributed by atoms with Crippen LogP contribution in [-0.4, -0.2) is 20.1 Å². The molecule has 0 aliphatic carbocycles. The molecule has 0 fully saturated rings. The fraction of sp³-hybridized carbons (Fsp3) is 0.235. The van der Waals surface area contributed by atoms with Crippen LogP contribution in [0.25, 0.3) is 0 Å². The summed E-state index contributed by atoms with van der Waals surface area (Å²) in [6.07, 6.45) is 0. The largest absolute Gasteiger partial charge is 0.493 e.